The van der Waals surface area contributed by atoms with Crippen LogP contribution in [-0.4, -0.2) is 30.5 Å². The normalized spacial score (nSPS) is 23.5. The van der Waals surface area contributed by atoms with E-state index in [0.29, 0.717) is 29.6 Å². The zero-order valence-electron chi connectivity index (χ0n) is 23.0. The maximum absolute atomic E-state index is 14.6. The summed E-state index contributed by atoms with van der Waals surface area (Å²) in [6.07, 6.45) is 13.9. The van der Waals surface area contributed by atoms with Crippen LogP contribution in [0.5, 0.6) is 0 Å². The van der Waals surface area contributed by atoms with Crippen LogP contribution in [0, 0.1) is 25.7 Å². The Morgan fingerprint density at radius 3 is 2.44 bits per heavy atom. The van der Waals surface area contributed by atoms with E-state index in [1.54, 1.807) is 12.1 Å². The molecule has 0 amide bonds. The topological polar surface area (TPSA) is 73.1 Å². The Morgan fingerprint density at radius 1 is 1.10 bits per heavy atom. The number of nitrogens with zero attached hydrogens (tertiary/aromatic N) is 2. The Kier molecular flexibility index (Phi) is 7.64. The predicted molar refractivity (Wildman–Crippen MR) is 153 cm³/mol. The summed E-state index contributed by atoms with van der Waals surface area (Å²) in [4.78, 5) is 5.25. The van der Waals surface area contributed by atoms with Gasteiger partial charge in [0.25, 0.3) is 0 Å². The molecular weight excluding hydrogens is 511 g/mol. The minimum Gasteiger partial charge on any atom is -0.361 e. The molecule has 0 N–H and O–H groups in total. The van der Waals surface area contributed by atoms with E-state index in [1.807, 2.05) is 32.2 Å². The number of sulfone groups is 1. The van der Waals surface area contributed by atoms with E-state index in [2.05, 4.69) is 23.9 Å². The fourth-order valence-corrected chi connectivity index (χ4v) is 6.79. The Balaban J connectivity index is 1.45. The molecule has 0 aliphatic heterocycles. The van der Waals surface area contributed by atoms with Crippen molar-refractivity contribution in [3.63, 3.8) is 0 Å². The van der Waals surface area contributed by atoms with Crippen molar-refractivity contribution in [1.82, 2.24) is 10.1 Å². The van der Waals surface area contributed by atoms with Crippen molar-refractivity contribution in [2.24, 2.45) is 11.8 Å². The SMILES string of the molecule is C=CC1(F)CCC(CCC2C=C(c3ccc(S(C)(=O)=O)cc3)c3ncc(-c4c(C)noc4C)cc3CC2)CC1. The fourth-order valence-electron chi connectivity index (χ4n) is 6.16. The minimum atomic E-state index is -3.28. The van der Waals surface area contributed by atoms with Crippen LogP contribution < -0.4 is 0 Å². The third kappa shape index (κ3) is 5.93. The molecule has 39 heavy (non-hydrogen) atoms. The van der Waals surface area contributed by atoms with Gasteiger partial charge in [-0.2, -0.15) is 0 Å². The van der Waals surface area contributed by atoms with Crippen molar-refractivity contribution in [3.8, 4) is 11.1 Å². The van der Waals surface area contributed by atoms with Crippen molar-refractivity contribution in [3.05, 3.63) is 83.5 Å². The van der Waals surface area contributed by atoms with E-state index < -0.39 is 15.5 Å². The molecule has 1 atom stereocenters. The molecule has 2 aliphatic rings. The summed E-state index contributed by atoms with van der Waals surface area (Å²) in [5.74, 6) is 1.66. The number of rotatable bonds is 7. The maximum atomic E-state index is 14.6. The van der Waals surface area contributed by atoms with Gasteiger partial charge in [-0.1, -0.05) is 36.0 Å². The van der Waals surface area contributed by atoms with Crippen LogP contribution in [0.15, 0.2) is 64.7 Å². The number of fused-ring (bicyclic) bond motifs is 1. The molecule has 2 aliphatic carbocycles. The summed E-state index contributed by atoms with van der Waals surface area (Å²) in [5.41, 5.74) is 5.72. The zero-order valence-corrected chi connectivity index (χ0v) is 23.9. The highest BCUT2D eigenvalue weighted by Gasteiger charge is 2.32. The van der Waals surface area contributed by atoms with Crippen molar-refractivity contribution in [1.29, 1.82) is 0 Å². The summed E-state index contributed by atoms with van der Waals surface area (Å²) in [7, 11) is -3.28. The van der Waals surface area contributed by atoms with Gasteiger partial charge in [-0.25, -0.2) is 12.8 Å². The average Bonchev–Trinajstić information content (AvgIpc) is 3.15. The van der Waals surface area contributed by atoms with Gasteiger partial charge < -0.3 is 4.52 Å². The van der Waals surface area contributed by atoms with Crippen LogP contribution in [0.2, 0.25) is 0 Å². The number of pyridine rings is 1. The van der Waals surface area contributed by atoms with Crippen LogP contribution in [0.25, 0.3) is 16.7 Å². The van der Waals surface area contributed by atoms with Gasteiger partial charge in [0.05, 0.1) is 16.3 Å². The quantitative estimate of drug-likeness (QED) is 0.284. The monoisotopic (exact) mass is 548 g/mol. The van der Waals surface area contributed by atoms with Crippen LogP contribution in [0.1, 0.15) is 73.2 Å². The first-order chi connectivity index (χ1) is 18.6. The number of aryl methyl sites for hydroxylation is 3. The first-order valence-electron chi connectivity index (χ1n) is 13.8. The molecule has 7 heteroatoms. The van der Waals surface area contributed by atoms with Crippen molar-refractivity contribution in [2.75, 3.05) is 6.26 Å². The molecule has 2 heterocycles. The lowest BCUT2D eigenvalue weighted by Crippen LogP contribution is -2.27. The molecule has 206 valence electrons. The lowest BCUT2D eigenvalue weighted by Gasteiger charge is -2.32. The molecule has 1 unspecified atom stereocenters. The first-order valence-corrected chi connectivity index (χ1v) is 15.7. The summed E-state index contributed by atoms with van der Waals surface area (Å²) in [6.45, 7) is 7.54. The molecule has 2 aromatic heterocycles. The second-order valence-corrected chi connectivity index (χ2v) is 13.4. The largest absolute Gasteiger partial charge is 0.361 e. The van der Waals surface area contributed by atoms with E-state index in [9.17, 15) is 12.8 Å². The number of alkyl halides is 1. The first kappa shape index (κ1) is 27.5. The van der Waals surface area contributed by atoms with Crippen LogP contribution in [0.3, 0.4) is 0 Å². The number of allylic oxidation sites excluding steroid dienone is 2. The smallest absolute Gasteiger partial charge is 0.175 e. The van der Waals surface area contributed by atoms with Gasteiger partial charge in [0, 0.05) is 29.2 Å². The number of hydrogen-bond donors (Lipinski definition) is 0. The second-order valence-electron chi connectivity index (χ2n) is 11.4. The van der Waals surface area contributed by atoms with Gasteiger partial charge in [-0.05, 0) is 106 Å². The van der Waals surface area contributed by atoms with Gasteiger partial charge >= 0.3 is 0 Å². The lowest BCUT2D eigenvalue weighted by molar-refractivity contribution is 0.127. The highest BCUT2D eigenvalue weighted by molar-refractivity contribution is 7.90. The third-order valence-corrected chi connectivity index (χ3v) is 9.70. The highest BCUT2D eigenvalue weighted by atomic mass is 32.2. The molecule has 1 saturated carbocycles. The number of aromatic nitrogens is 2. The molecule has 5 rings (SSSR count). The average molecular weight is 549 g/mol. The highest BCUT2D eigenvalue weighted by Crippen LogP contribution is 2.40. The maximum Gasteiger partial charge on any atom is 0.175 e. The Morgan fingerprint density at radius 2 is 1.82 bits per heavy atom. The lowest BCUT2D eigenvalue weighted by atomic mass is 9.77. The molecule has 0 radical (unpaired) electrons. The van der Waals surface area contributed by atoms with Gasteiger partial charge in [0.1, 0.15) is 11.4 Å². The van der Waals surface area contributed by atoms with E-state index >= 15 is 0 Å². The van der Waals surface area contributed by atoms with E-state index in [1.165, 1.54) is 17.9 Å². The Labute approximate surface area is 231 Å². The van der Waals surface area contributed by atoms with Gasteiger partial charge in [0.2, 0.25) is 0 Å². The second kappa shape index (κ2) is 10.8. The van der Waals surface area contributed by atoms with Crippen molar-refractivity contribution < 1.29 is 17.3 Å². The number of hydrogen-bond acceptors (Lipinski definition) is 5. The summed E-state index contributed by atoms with van der Waals surface area (Å²) < 4.78 is 44.1. The molecule has 0 saturated heterocycles. The van der Waals surface area contributed by atoms with Crippen molar-refractivity contribution >= 4 is 15.4 Å². The summed E-state index contributed by atoms with van der Waals surface area (Å²) >= 11 is 0. The summed E-state index contributed by atoms with van der Waals surface area (Å²) in [5, 5.41) is 4.12. The van der Waals surface area contributed by atoms with Crippen LogP contribution >= 0.6 is 0 Å². The van der Waals surface area contributed by atoms with E-state index in [4.69, 9.17) is 9.51 Å². The van der Waals surface area contributed by atoms with E-state index in [-0.39, 0.29) is 0 Å². The molecule has 1 fully saturated rings. The standard InChI is InChI=1S/C32H37FN2O3S/c1-5-32(33)16-14-23(15-17-32)6-7-24-8-9-26-19-27(30-21(2)35-38-22(30)3)20-34-31(26)29(18-24)25-10-12-28(13-11-25)39(4,36)37/h5,10-13,18-20,23-24H,1,6-9,14-17H2,2-4H3. The number of benzene rings is 1. The van der Waals surface area contributed by atoms with E-state index in [0.717, 1.165) is 77.9 Å². The van der Waals surface area contributed by atoms with Gasteiger partial charge in [0.15, 0.2) is 9.84 Å². The molecule has 5 nitrogen and oxygen atoms in total. The molecule has 1 aromatic carbocycles. The van der Waals surface area contributed by atoms with Crippen LogP contribution in [-0.2, 0) is 16.3 Å². The number of halogens is 1. The van der Waals surface area contributed by atoms with Gasteiger partial charge in [-0.3, -0.25) is 4.98 Å². The van der Waals surface area contributed by atoms with Crippen molar-refractivity contribution in [2.45, 2.75) is 75.8 Å². The minimum absolute atomic E-state index is 0.305. The third-order valence-electron chi connectivity index (χ3n) is 8.57. The molecular formula is C32H37FN2O3S. The molecule has 0 bridgehead atoms. The zero-order chi connectivity index (χ0) is 27.8. The van der Waals surface area contributed by atoms with Gasteiger partial charge in [-0.15, -0.1) is 0 Å². The van der Waals surface area contributed by atoms with Crippen LogP contribution in [0.4, 0.5) is 4.39 Å². The predicted octanol–water partition coefficient (Wildman–Crippen LogP) is 7.62. The fraction of sp³-hybridized carbons (Fsp3) is 0.438. The molecule has 0 spiro atoms. The summed E-state index contributed by atoms with van der Waals surface area (Å²) in [6, 6.07) is 9.32. The Bertz CT molecular complexity index is 1480. The Hall–Kier alpha value is -3.06. The molecule has 3 aromatic rings.